The van der Waals surface area contributed by atoms with Crippen molar-refractivity contribution in [3.63, 3.8) is 0 Å². The number of rotatable bonds is 11. The van der Waals surface area contributed by atoms with E-state index in [-0.39, 0.29) is 56.2 Å². The predicted molar refractivity (Wildman–Crippen MR) is 117 cm³/mol. The zero-order valence-corrected chi connectivity index (χ0v) is 21.8. The van der Waals surface area contributed by atoms with Crippen LogP contribution in [0.1, 0.15) is 68.4 Å². The number of ether oxygens (including phenoxy) is 1. The molecule has 0 bridgehead atoms. The minimum atomic E-state index is -0.287. The van der Waals surface area contributed by atoms with Gasteiger partial charge in [-0.3, -0.25) is 0 Å². The van der Waals surface area contributed by atoms with E-state index in [0.717, 1.165) is 50.7 Å². The van der Waals surface area contributed by atoms with Crippen molar-refractivity contribution in [2.24, 2.45) is 11.8 Å². The molecule has 163 valence electrons. The van der Waals surface area contributed by atoms with E-state index in [1.165, 1.54) is 11.1 Å². The maximum Gasteiger partial charge on any atom is 0.0821 e. The minimum absolute atomic E-state index is 0. The third kappa shape index (κ3) is 7.17. The Morgan fingerprint density at radius 1 is 1.17 bits per heavy atom. The van der Waals surface area contributed by atoms with E-state index in [2.05, 4.69) is 37.5 Å². The molecule has 30 heavy (non-hydrogen) atoms. The summed E-state index contributed by atoms with van der Waals surface area (Å²) in [4.78, 5) is 0. The molecule has 5 heteroatoms. The van der Waals surface area contributed by atoms with Gasteiger partial charge in [0.25, 0.3) is 0 Å². The monoisotopic (exact) mass is 506 g/mol. The van der Waals surface area contributed by atoms with Gasteiger partial charge in [0.2, 0.25) is 0 Å². The molecular formula is C25H34ClO3Y-. The van der Waals surface area contributed by atoms with Crippen LogP contribution >= 0.6 is 11.6 Å². The fourth-order valence-electron chi connectivity index (χ4n) is 4.77. The number of hydrogen-bond acceptors (Lipinski definition) is 3. The Hall–Kier alpha value is -0.186. The smallest absolute Gasteiger partial charge is 0.0821 e. The Balaban J connectivity index is 0.00000320. The Labute approximate surface area is 211 Å². The van der Waals surface area contributed by atoms with E-state index in [0.29, 0.717) is 12.3 Å². The van der Waals surface area contributed by atoms with E-state index in [9.17, 15) is 5.11 Å². The largest absolute Gasteiger partial charge is 0.596 e. The molecular weight excluding hydrogens is 473 g/mol. The average molecular weight is 507 g/mol. The molecule has 1 fully saturated rings. The number of benzene rings is 1. The standard InChI is InChI=1S/C25H34ClO3.Y/c1-3-6-25(28-2)19-13-10-18(11-14-19)12-15-21-22(24(27)17-23(21)26)9-4-7-20-8-5-16-29-20;/h5,8,10-11,13-14,21-25,27H,3-4,6-7,9,12,15,17H2,1-2H3;/q-1;/t21-,22-,23?,24?,25?;/m1./s1. The zero-order chi connectivity index (χ0) is 20.6. The normalized spacial score (nSPS) is 24.5. The summed E-state index contributed by atoms with van der Waals surface area (Å²) >= 11 is 6.63. The van der Waals surface area contributed by atoms with Crippen molar-refractivity contribution >= 4 is 11.6 Å². The van der Waals surface area contributed by atoms with Crippen molar-refractivity contribution < 1.29 is 47.0 Å². The van der Waals surface area contributed by atoms with Gasteiger partial charge in [0.15, 0.2) is 0 Å². The fraction of sp³-hybridized carbons (Fsp3) is 0.600. The first-order valence-corrected chi connectivity index (χ1v) is 11.4. The van der Waals surface area contributed by atoms with Crippen molar-refractivity contribution in [1.29, 1.82) is 0 Å². The van der Waals surface area contributed by atoms with Crippen LogP contribution in [0.3, 0.4) is 0 Å². The number of halogens is 1. The molecule has 1 aliphatic carbocycles. The second kappa shape index (κ2) is 13.4. The Bertz CT molecular complexity index is 704. The first-order chi connectivity index (χ1) is 14.1. The van der Waals surface area contributed by atoms with Crippen LogP contribution in [0.15, 0.2) is 40.8 Å². The second-order valence-corrected chi connectivity index (χ2v) is 8.91. The fourth-order valence-corrected chi connectivity index (χ4v) is 5.26. The first-order valence-electron chi connectivity index (χ1n) is 11.0. The van der Waals surface area contributed by atoms with Crippen molar-refractivity contribution in [2.45, 2.75) is 75.9 Å². The minimum Gasteiger partial charge on any atom is -0.596 e. The molecule has 3 nitrogen and oxygen atoms in total. The van der Waals surface area contributed by atoms with E-state index in [1.807, 2.05) is 6.07 Å². The van der Waals surface area contributed by atoms with Gasteiger partial charge >= 0.3 is 0 Å². The number of aryl methyl sites for hydroxylation is 2. The topological polar surface area (TPSA) is 42.6 Å². The maximum atomic E-state index is 10.5. The molecule has 0 aliphatic heterocycles. The summed E-state index contributed by atoms with van der Waals surface area (Å²) in [6.07, 6.45) is 10.4. The molecule has 0 amide bonds. The van der Waals surface area contributed by atoms with Crippen LogP contribution < -0.4 is 0 Å². The van der Waals surface area contributed by atoms with E-state index in [1.54, 1.807) is 13.2 Å². The van der Waals surface area contributed by atoms with Crippen molar-refractivity contribution in [3.05, 3.63) is 59.5 Å². The van der Waals surface area contributed by atoms with Gasteiger partial charge in [0.1, 0.15) is 0 Å². The molecule has 1 radical (unpaired) electrons. The van der Waals surface area contributed by atoms with Crippen LogP contribution in [0.4, 0.5) is 0 Å². The van der Waals surface area contributed by atoms with E-state index >= 15 is 0 Å². The van der Waals surface area contributed by atoms with E-state index in [4.69, 9.17) is 20.8 Å². The molecule has 1 N–H and O–H groups in total. The number of furan rings is 1. The molecule has 1 heterocycles. The Morgan fingerprint density at radius 3 is 2.57 bits per heavy atom. The summed E-state index contributed by atoms with van der Waals surface area (Å²) in [6.45, 7) is 2.18. The van der Waals surface area contributed by atoms with Crippen LogP contribution in [0, 0.1) is 18.1 Å². The van der Waals surface area contributed by atoms with Gasteiger partial charge in [0.05, 0.1) is 12.2 Å². The maximum absolute atomic E-state index is 10.5. The van der Waals surface area contributed by atoms with Crippen LogP contribution in [-0.4, -0.2) is 23.7 Å². The number of aliphatic hydroxyl groups is 1. The molecule has 5 atom stereocenters. The van der Waals surface area contributed by atoms with Crippen LogP contribution in [0.5, 0.6) is 0 Å². The molecule has 0 spiro atoms. The van der Waals surface area contributed by atoms with Crippen LogP contribution in [-0.2, 0) is 50.3 Å². The summed E-state index contributed by atoms with van der Waals surface area (Å²) in [6, 6.07) is 12.6. The summed E-state index contributed by atoms with van der Waals surface area (Å²) in [5, 5.41) is 10.6. The number of hydrogen-bond donors (Lipinski definition) is 1. The molecule has 0 saturated heterocycles. The number of aliphatic hydroxyl groups excluding tert-OH is 1. The summed E-state index contributed by atoms with van der Waals surface area (Å²) in [5.74, 6) is 1.61. The average Bonchev–Trinajstić information content (AvgIpc) is 3.33. The van der Waals surface area contributed by atoms with Crippen LogP contribution in [0.25, 0.3) is 0 Å². The Morgan fingerprint density at radius 2 is 1.93 bits per heavy atom. The molecule has 1 aliphatic rings. The van der Waals surface area contributed by atoms with Crippen molar-refractivity contribution in [1.82, 2.24) is 0 Å². The van der Waals surface area contributed by atoms with Crippen molar-refractivity contribution in [3.8, 4) is 0 Å². The zero-order valence-electron chi connectivity index (χ0n) is 18.2. The predicted octanol–water partition coefficient (Wildman–Crippen LogP) is 6.12. The molecule has 1 saturated carbocycles. The van der Waals surface area contributed by atoms with Gasteiger partial charge in [-0.2, -0.15) is 6.07 Å². The first kappa shape index (κ1) is 26.1. The van der Waals surface area contributed by atoms with Gasteiger partial charge in [0, 0.05) is 45.2 Å². The number of methoxy groups -OCH3 is 1. The molecule has 2 aromatic rings. The number of alkyl halides is 1. The van der Waals surface area contributed by atoms with Gasteiger partial charge in [-0.1, -0.05) is 56.2 Å². The van der Waals surface area contributed by atoms with Crippen molar-refractivity contribution in [2.75, 3.05) is 7.11 Å². The van der Waals surface area contributed by atoms with Gasteiger partial charge in [-0.15, -0.1) is 17.7 Å². The molecule has 1 aromatic carbocycles. The summed E-state index contributed by atoms with van der Waals surface area (Å²) < 4.78 is 10.9. The van der Waals surface area contributed by atoms with E-state index < -0.39 is 0 Å². The quantitative estimate of drug-likeness (QED) is 0.295. The van der Waals surface area contributed by atoms with Gasteiger partial charge in [-0.05, 0) is 61.3 Å². The summed E-state index contributed by atoms with van der Waals surface area (Å²) in [7, 11) is 1.78. The second-order valence-electron chi connectivity index (χ2n) is 8.35. The summed E-state index contributed by atoms with van der Waals surface area (Å²) in [5.41, 5.74) is 2.58. The molecule has 1 aromatic heterocycles. The third-order valence-corrected chi connectivity index (χ3v) is 6.92. The molecule has 3 unspecified atom stereocenters. The van der Waals surface area contributed by atoms with Gasteiger partial charge < -0.3 is 14.3 Å². The van der Waals surface area contributed by atoms with Crippen LogP contribution in [0.2, 0.25) is 0 Å². The SMILES string of the molecule is CCCC(OC)c1ccc(CC[C@H]2C(Cl)CC(O)[C@@H]2CCCc2cc[c-]o2)cc1.[Y]. The molecule has 3 rings (SSSR count). The van der Waals surface area contributed by atoms with Gasteiger partial charge in [-0.25, -0.2) is 0 Å². The third-order valence-electron chi connectivity index (χ3n) is 6.42. The Kier molecular flexibility index (Phi) is 11.6.